The van der Waals surface area contributed by atoms with Crippen LogP contribution in [0.2, 0.25) is 0 Å². The molecule has 0 radical (unpaired) electrons. The lowest BCUT2D eigenvalue weighted by Gasteiger charge is -2.27. The van der Waals surface area contributed by atoms with E-state index in [2.05, 4.69) is 16.8 Å². The average Bonchev–Trinajstić information content (AvgIpc) is 2.97. The first-order valence-corrected chi connectivity index (χ1v) is 7.12. The zero-order valence-electron chi connectivity index (χ0n) is 12.2. The maximum Gasteiger partial charge on any atom is 0.240 e. The van der Waals surface area contributed by atoms with Crippen LogP contribution >= 0.6 is 0 Å². The molecule has 1 aliphatic carbocycles. The standard InChI is InChI=1S/C15H24N2O2/c1-4-17(11-12-7-5-6-8-12)13-9-10-14(18-2)16-15(13)19-3/h9-10,12H,4-8,11H2,1-3H3. The van der Waals surface area contributed by atoms with Gasteiger partial charge in [0.05, 0.1) is 14.2 Å². The average molecular weight is 264 g/mol. The predicted molar refractivity (Wildman–Crippen MR) is 77.2 cm³/mol. The van der Waals surface area contributed by atoms with E-state index in [9.17, 15) is 0 Å². The summed E-state index contributed by atoms with van der Waals surface area (Å²) in [6, 6.07) is 3.94. The Labute approximate surface area is 115 Å². The minimum atomic E-state index is 0.595. The third-order valence-corrected chi connectivity index (χ3v) is 3.89. The zero-order chi connectivity index (χ0) is 13.7. The van der Waals surface area contributed by atoms with Crippen LogP contribution in [0.1, 0.15) is 32.6 Å². The van der Waals surface area contributed by atoms with E-state index in [1.807, 2.05) is 12.1 Å². The molecule has 0 N–H and O–H groups in total. The van der Waals surface area contributed by atoms with Gasteiger partial charge in [0, 0.05) is 19.2 Å². The molecule has 0 amide bonds. The molecule has 1 aromatic heterocycles. The molecular formula is C15H24N2O2. The number of anilines is 1. The van der Waals surface area contributed by atoms with Gasteiger partial charge in [-0.3, -0.25) is 0 Å². The Morgan fingerprint density at radius 1 is 1.21 bits per heavy atom. The van der Waals surface area contributed by atoms with Gasteiger partial charge in [-0.15, -0.1) is 0 Å². The summed E-state index contributed by atoms with van der Waals surface area (Å²) < 4.78 is 10.6. The number of aromatic nitrogens is 1. The van der Waals surface area contributed by atoms with Crippen molar-refractivity contribution >= 4 is 5.69 Å². The zero-order valence-corrected chi connectivity index (χ0v) is 12.2. The number of rotatable bonds is 6. The van der Waals surface area contributed by atoms with Crippen molar-refractivity contribution in [3.63, 3.8) is 0 Å². The molecule has 4 heteroatoms. The second kappa shape index (κ2) is 6.64. The Balaban J connectivity index is 2.16. The van der Waals surface area contributed by atoms with E-state index in [-0.39, 0.29) is 0 Å². The summed E-state index contributed by atoms with van der Waals surface area (Å²) in [6.07, 6.45) is 5.45. The van der Waals surface area contributed by atoms with E-state index in [0.29, 0.717) is 11.8 Å². The van der Waals surface area contributed by atoms with E-state index in [1.165, 1.54) is 25.7 Å². The Bertz CT molecular complexity index is 403. The normalized spacial score (nSPS) is 15.5. The van der Waals surface area contributed by atoms with Gasteiger partial charge in [0.15, 0.2) is 0 Å². The highest BCUT2D eigenvalue weighted by Gasteiger charge is 2.20. The second-order valence-corrected chi connectivity index (χ2v) is 5.07. The van der Waals surface area contributed by atoms with Crippen LogP contribution in [0.25, 0.3) is 0 Å². The molecule has 19 heavy (non-hydrogen) atoms. The van der Waals surface area contributed by atoms with Gasteiger partial charge in [-0.05, 0) is 31.7 Å². The molecule has 1 aliphatic rings. The first-order chi connectivity index (χ1) is 9.28. The van der Waals surface area contributed by atoms with Gasteiger partial charge in [0.1, 0.15) is 5.69 Å². The second-order valence-electron chi connectivity index (χ2n) is 5.07. The van der Waals surface area contributed by atoms with E-state index in [1.54, 1.807) is 14.2 Å². The summed E-state index contributed by atoms with van der Waals surface area (Å²) in [5.74, 6) is 2.06. The minimum Gasteiger partial charge on any atom is -0.481 e. The number of hydrogen-bond acceptors (Lipinski definition) is 4. The minimum absolute atomic E-state index is 0.595. The Morgan fingerprint density at radius 3 is 2.53 bits per heavy atom. The van der Waals surface area contributed by atoms with Gasteiger partial charge in [-0.25, -0.2) is 0 Å². The summed E-state index contributed by atoms with van der Waals surface area (Å²) in [5.41, 5.74) is 1.07. The van der Waals surface area contributed by atoms with E-state index in [4.69, 9.17) is 9.47 Å². The van der Waals surface area contributed by atoms with Crippen molar-refractivity contribution in [2.75, 3.05) is 32.2 Å². The predicted octanol–water partition coefficient (Wildman–Crippen LogP) is 3.12. The molecule has 0 aliphatic heterocycles. The van der Waals surface area contributed by atoms with Crippen LogP contribution in [0.3, 0.4) is 0 Å². The number of ether oxygens (including phenoxy) is 2. The fourth-order valence-corrected chi connectivity index (χ4v) is 2.82. The van der Waals surface area contributed by atoms with Crippen molar-refractivity contribution < 1.29 is 9.47 Å². The third kappa shape index (κ3) is 3.31. The lowest BCUT2D eigenvalue weighted by Crippen LogP contribution is -2.28. The third-order valence-electron chi connectivity index (χ3n) is 3.89. The quantitative estimate of drug-likeness (QED) is 0.790. The largest absolute Gasteiger partial charge is 0.481 e. The van der Waals surface area contributed by atoms with E-state index in [0.717, 1.165) is 24.7 Å². The smallest absolute Gasteiger partial charge is 0.240 e. The van der Waals surface area contributed by atoms with Gasteiger partial charge in [-0.2, -0.15) is 4.98 Å². The molecule has 0 saturated heterocycles. The molecule has 106 valence electrons. The molecule has 1 saturated carbocycles. The fraction of sp³-hybridized carbons (Fsp3) is 0.667. The van der Waals surface area contributed by atoms with E-state index < -0.39 is 0 Å². The highest BCUT2D eigenvalue weighted by molar-refractivity contribution is 5.56. The van der Waals surface area contributed by atoms with Crippen molar-refractivity contribution in [2.45, 2.75) is 32.6 Å². The number of methoxy groups -OCH3 is 2. The molecule has 0 atom stereocenters. The number of hydrogen-bond donors (Lipinski definition) is 0. The first-order valence-electron chi connectivity index (χ1n) is 7.12. The summed E-state index contributed by atoms with van der Waals surface area (Å²) in [5, 5.41) is 0. The Kier molecular flexibility index (Phi) is 4.88. The molecule has 1 aromatic rings. The van der Waals surface area contributed by atoms with Crippen molar-refractivity contribution in [1.82, 2.24) is 4.98 Å². The van der Waals surface area contributed by atoms with Crippen LogP contribution in [0.4, 0.5) is 5.69 Å². The van der Waals surface area contributed by atoms with Crippen LogP contribution in [0.15, 0.2) is 12.1 Å². The van der Waals surface area contributed by atoms with Crippen LogP contribution in [-0.2, 0) is 0 Å². The summed E-state index contributed by atoms with van der Waals surface area (Å²) >= 11 is 0. The van der Waals surface area contributed by atoms with Crippen LogP contribution in [-0.4, -0.2) is 32.3 Å². The topological polar surface area (TPSA) is 34.6 Å². The van der Waals surface area contributed by atoms with Gasteiger partial charge in [-0.1, -0.05) is 12.8 Å². The van der Waals surface area contributed by atoms with E-state index >= 15 is 0 Å². The molecule has 0 aromatic carbocycles. The highest BCUT2D eigenvalue weighted by atomic mass is 16.5. The molecular weight excluding hydrogens is 240 g/mol. The summed E-state index contributed by atoms with van der Waals surface area (Å²) in [7, 11) is 3.28. The molecule has 1 heterocycles. The first kappa shape index (κ1) is 14.0. The maximum absolute atomic E-state index is 5.40. The molecule has 0 spiro atoms. The number of nitrogens with zero attached hydrogens (tertiary/aromatic N) is 2. The number of pyridine rings is 1. The van der Waals surface area contributed by atoms with Crippen LogP contribution in [0.5, 0.6) is 11.8 Å². The Morgan fingerprint density at radius 2 is 1.95 bits per heavy atom. The lowest BCUT2D eigenvalue weighted by molar-refractivity contribution is 0.364. The lowest BCUT2D eigenvalue weighted by atomic mass is 10.1. The summed E-state index contributed by atoms with van der Waals surface area (Å²) in [6.45, 7) is 4.25. The fourth-order valence-electron chi connectivity index (χ4n) is 2.82. The molecule has 0 bridgehead atoms. The van der Waals surface area contributed by atoms with Gasteiger partial charge < -0.3 is 14.4 Å². The Hall–Kier alpha value is -1.45. The SMILES string of the molecule is CCN(CC1CCCC1)c1ccc(OC)nc1OC. The van der Waals surface area contributed by atoms with Crippen LogP contribution in [0, 0.1) is 5.92 Å². The van der Waals surface area contributed by atoms with Gasteiger partial charge in [0.25, 0.3) is 0 Å². The van der Waals surface area contributed by atoms with Gasteiger partial charge >= 0.3 is 0 Å². The maximum atomic E-state index is 5.40. The highest BCUT2D eigenvalue weighted by Crippen LogP contribution is 2.32. The monoisotopic (exact) mass is 264 g/mol. The molecule has 1 fully saturated rings. The van der Waals surface area contributed by atoms with Gasteiger partial charge in [0.2, 0.25) is 11.8 Å². The van der Waals surface area contributed by atoms with Crippen molar-refractivity contribution in [3.8, 4) is 11.8 Å². The molecule has 2 rings (SSSR count). The van der Waals surface area contributed by atoms with Crippen LogP contribution < -0.4 is 14.4 Å². The van der Waals surface area contributed by atoms with Crippen molar-refractivity contribution in [1.29, 1.82) is 0 Å². The molecule has 0 unspecified atom stereocenters. The molecule has 4 nitrogen and oxygen atoms in total. The summed E-state index contributed by atoms with van der Waals surface area (Å²) in [4.78, 5) is 6.73. The van der Waals surface area contributed by atoms with Crippen molar-refractivity contribution in [2.24, 2.45) is 5.92 Å². The van der Waals surface area contributed by atoms with Crippen molar-refractivity contribution in [3.05, 3.63) is 12.1 Å².